The van der Waals surface area contributed by atoms with Gasteiger partial charge in [-0.3, -0.25) is 0 Å². The second kappa shape index (κ2) is 5.13. The number of hydrogen-bond donors (Lipinski definition) is 1. The van der Waals surface area contributed by atoms with Crippen LogP contribution in [0.1, 0.15) is 5.56 Å². The maximum Gasteiger partial charge on any atom is 0.242 e. The SMILES string of the molecule is COc1ccc(Br)cc1CNc1nnnn1C. The molecule has 0 amide bonds. The van der Waals surface area contributed by atoms with Crippen LogP contribution in [-0.2, 0) is 13.6 Å². The van der Waals surface area contributed by atoms with E-state index in [9.17, 15) is 0 Å². The highest BCUT2D eigenvalue weighted by molar-refractivity contribution is 9.10. The number of anilines is 1. The van der Waals surface area contributed by atoms with Crippen molar-refractivity contribution in [2.45, 2.75) is 6.54 Å². The Morgan fingerprint density at radius 3 is 2.94 bits per heavy atom. The normalized spacial score (nSPS) is 10.3. The van der Waals surface area contributed by atoms with E-state index in [1.165, 1.54) is 0 Å². The predicted molar refractivity (Wildman–Crippen MR) is 66.8 cm³/mol. The van der Waals surface area contributed by atoms with Gasteiger partial charge < -0.3 is 10.1 Å². The van der Waals surface area contributed by atoms with Crippen molar-refractivity contribution in [1.82, 2.24) is 20.2 Å². The zero-order chi connectivity index (χ0) is 12.3. The van der Waals surface area contributed by atoms with Crippen LogP contribution >= 0.6 is 15.9 Å². The summed E-state index contributed by atoms with van der Waals surface area (Å²) in [4.78, 5) is 0. The largest absolute Gasteiger partial charge is 0.496 e. The van der Waals surface area contributed by atoms with Gasteiger partial charge in [-0.25, -0.2) is 4.68 Å². The lowest BCUT2D eigenvalue weighted by Crippen LogP contribution is -2.06. The average molecular weight is 298 g/mol. The molecule has 0 fully saturated rings. The van der Waals surface area contributed by atoms with E-state index in [2.05, 4.69) is 36.8 Å². The number of ether oxygens (including phenoxy) is 1. The minimum absolute atomic E-state index is 0.594. The van der Waals surface area contributed by atoms with Gasteiger partial charge in [-0.15, -0.1) is 0 Å². The van der Waals surface area contributed by atoms with Gasteiger partial charge in [0.25, 0.3) is 0 Å². The molecule has 1 aromatic heterocycles. The smallest absolute Gasteiger partial charge is 0.242 e. The summed E-state index contributed by atoms with van der Waals surface area (Å²) in [5.74, 6) is 1.45. The van der Waals surface area contributed by atoms with E-state index in [0.717, 1.165) is 15.8 Å². The number of methoxy groups -OCH3 is 1. The number of aromatic nitrogens is 4. The number of rotatable bonds is 4. The summed E-state index contributed by atoms with van der Waals surface area (Å²) < 4.78 is 7.86. The first-order valence-electron chi connectivity index (χ1n) is 4.99. The lowest BCUT2D eigenvalue weighted by Gasteiger charge is -2.09. The number of nitrogens with one attached hydrogen (secondary N) is 1. The Morgan fingerprint density at radius 2 is 2.29 bits per heavy atom. The van der Waals surface area contributed by atoms with Crippen molar-refractivity contribution in [2.75, 3.05) is 12.4 Å². The summed E-state index contributed by atoms with van der Waals surface area (Å²) in [6.07, 6.45) is 0. The van der Waals surface area contributed by atoms with E-state index in [-0.39, 0.29) is 0 Å². The molecule has 7 heteroatoms. The van der Waals surface area contributed by atoms with Crippen molar-refractivity contribution in [2.24, 2.45) is 7.05 Å². The summed E-state index contributed by atoms with van der Waals surface area (Å²) in [6, 6.07) is 5.85. The summed E-state index contributed by atoms with van der Waals surface area (Å²) in [6.45, 7) is 0.594. The molecule has 2 aromatic rings. The first-order valence-corrected chi connectivity index (χ1v) is 5.78. The molecule has 0 aliphatic rings. The topological polar surface area (TPSA) is 64.9 Å². The Hall–Kier alpha value is -1.63. The highest BCUT2D eigenvalue weighted by atomic mass is 79.9. The van der Waals surface area contributed by atoms with Crippen molar-refractivity contribution in [3.8, 4) is 5.75 Å². The van der Waals surface area contributed by atoms with E-state index in [1.54, 1.807) is 18.8 Å². The second-order valence-electron chi connectivity index (χ2n) is 3.44. The van der Waals surface area contributed by atoms with Gasteiger partial charge in [-0.05, 0) is 28.6 Å². The van der Waals surface area contributed by atoms with Crippen molar-refractivity contribution in [3.63, 3.8) is 0 Å². The van der Waals surface area contributed by atoms with E-state index in [1.807, 2.05) is 18.2 Å². The van der Waals surface area contributed by atoms with Crippen LogP contribution in [0.15, 0.2) is 22.7 Å². The number of nitrogens with zero attached hydrogens (tertiary/aromatic N) is 4. The van der Waals surface area contributed by atoms with Gasteiger partial charge in [0.15, 0.2) is 0 Å². The number of aryl methyl sites for hydroxylation is 1. The van der Waals surface area contributed by atoms with Gasteiger partial charge in [-0.2, -0.15) is 0 Å². The summed E-state index contributed by atoms with van der Waals surface area (Å²) in [5, 5.41) is 14.3. The molecule has 0 aliphatic carbocycles. The molecule has 0 unspecified atom stereocenters. The monoisotopic (exact) mass is 297 g/mol. The fourth-order valence-electron chi connectivity index (χ4n) is 1.44. The molecule has 90 valence electrons. The van der Waals surface area contributed by atoms with Crippen LogP contribution < -0.4 is 10.1 Å². The standard InChI is InChI=1S/C10H12BrN5O/c1-16-10(13-14-15-16)12-6-7-5-8(11)3-4-9(7)17-2/h3-5H,6H2,1-2H3,(H,12,13,15). The first kappa shape index (κ1) is 11.8. The minimum Gasteiger partial charge on any atom is -0.496 e. The van der Waals surface area contributed by atoms with Crippen LogP contribution in [0.4, 0.5) is 5.95 Å². The summed E-state index contributed by atoms with van der Waals surface area (Å²) in [5.41, 5.74) is 1.03. The molecule has 1 heterocycles. The molecule has 0 spiro atoms. The molecule has 0 bridgehead atoms. The Kier molecular flexibility index (Phi) is 3.58. The van der Waals surface area contributed by atoms with Crippen molar-refractivity contribution < 1.29 is 4.74 Å². The fourth-order valence-corrected chi connectivity index (χ4v) is 1.85. The molecule has 6 nitrogen and oxygen atoms in total. The van der Waals surface area contributed by atoms with E-state index >= 15 is 0 Å². The van der Waals surface area contributed by atoms with Crippen LogP contribution in [0.2, 0.25) is 0 Å². The molecule has 0 radical (unpaired) electrons. The zero-order valence-electron chi connectivity index (χ0n) is 9.51. The predicted octanol–water partition coefficient (Wildman–Crippen LogP) is 1.59. The first-order chi connectivity index (χ1) is 8.20. The van der Waals surface area contributed by atoms with E-state index in [0.29, 0.717) is 12.5 Å². The molecule has 1 N–H and O–H groups in total. The second-order valence-corrected chi connectivity index (χ2v) is 4.35. The van der Waals surface area contributed by atoms with Gasteiger partial charge in [0, 0.05) is 23.6 Å². The highest BCUT2D eigenvalue weighted by Gasteiger charge is 2.06. The third kappa shape index (κ3) is 2.73. The summed E-state index contributed by atoms with van der Waals surface area (Å²) in [7, 11) is 3.43. The molecule has 0 saturated carbocycles. The lowest BCUT2D eigenvalue weighted by molar-refractivity contribution is 0.410. The Bertz CT molecular complexity index is 513. The maximum absolute atomic E-state index is 5.28. The molecular weight excluding hydrogens is 286 g/mol. The minimum atomic E-state index is 0.594. The van der Waals surface area contributed by atoms with Crippen LogP contribution in [0, 0.1) is 0 Å². The Labute approximate surface area is 107 Å². The fraction of sp³-hybridized carbons (Fsp3) is 0.300. The quantitative estimate of drug-likeness (QED) is 0.928. The van der Waals surface area contributed by atoms with Crippen molar-refractivity contribution >= 4 is 21.9 Å². The average Bonchev–Trinajstić information content (AvgIpc) is 2.72. The molecule has 0 atom stereocenters. The Balaban J connectivity index is 2.13. The van der Waals surface area contributed by atoms with Crippen LogP contribution in [0.5, 0.6) is 5.75 Å². The van der Waals surface area contributed by atoms with Crippen LogP contribution in [0.3, 0.4) is 0 Å². The molecule has 1 aromatic carbocycles. The van der Waals surface area contributed by atoms with Gasteiger partial charge in [-0.1, -0.05) is 21.0 Å². The van der Waals surface area contributed by atoms with Crippen molar-refractivity contribution in [3.05, 3.63) is 28.2 Å². The third-order valence-corrected chi connectivity index (χ3v) is 2.79. The highest BCUT2D eigenvalue weighted by Crippen LogP contribution is 2.23. The van der Waals surface area contributed by atoms with Crippen LogP contribution in [-0.4, -0.2) is 27.3 Å². The lowest BCUT2D eigenvalue weighted by atomic mass is 10.2. The van der Waals surface area contributed by atoms with Gasteiger partial charge in [0.2, 0.25) is 5.95 Å². The molecule has 2 rings (SSSR count). The third-order valence-electron chi connectivity index (χ3n) is 2.30. The number of benzene rings is 1. The van der Waals surface area contributed by atoms with E-state index < -0.39 is 0 Å². The number of hydrogen-bond acceptors (Lipinski definition) is 5. The molecule has 17 heavy (non-hydrogen) atoms. The van der Waals surface area contributed by atoms with Gasteiger partial charge >= 0.3 is 0 Å². The molecular formula is C10H12BrN5O. The summed E-state index contributed by atoms with van der Waals surface area (Å²) >= 11 is 3.43. The van der Waals surface area contributed by atoms with Crippen LogP contribution in [0.25, 0.3) is 0 Å². The molecule has 0 aliphatic heterocycles. The number of tetrazole rings is 1. The number of halogens is 1. The Morgan fingerprint density at radius 1 is 1.47 bits per heavy atom. The van der Waals surface area contributed by atoms with Gasteiger partial charge in [0.1, 0.15) is 5.75 Å². The molecule has 0 saturated heterocycles. The van der Waals surface area contributed by atoms with Crippen molar-refractivity contribution in [1.29, 1.82) is 0 Å². The zero-order valence-corrected chi connectivity index (χ0v) is 11.1. The van der Waals surface area contributed by atoms with Gasteiger partial charge in [0.05, 0.1) is 7.11 Å². The maximum atomic E-state index is 5.28. The van der Waals surface area contributed by atoms with E-state index in [4.69, 9.17) is 4.74 Å².